The third-order valence-electron chi connectivity index (χ3n) is 5.07. The first-order valence-electron chi connectivity index (χ1n) is 10.1. The molecule has 2 rings (SSSR count). The first-order valence-corrected chi connectivity index (χ1v) is 10.1. The van der Waals surface area contributed by atoms with Gasteiger partial charge in [-0.2, -0.15) is 0 Å². The van der Waals surface area contributed by atoms with E-state index in [1.165, 1.54) is 12.1 Å². The van der Waals surface area contributed by atoms with Crippen LogP contribution in [0.2, 0.25) is 0 Å². The van der Waals surface area contributed by atoms with Crippen LogP contribution in [0.25, 0.3) is 0 Å². The van der Waals surface area contributed by atoms with Crippen molar-refractivity contribution in [3.05, 3.63) is 59.2 Å². The van der Waals surface area contributed by atoms with E-state index in [1.807, 2.05) is 0 Å². The van der Waals surface area contributed by atoms with Crippen LogP contribution in [-0.2, 0) is 11.2 Å². The van der Waals surface area contributed by atoms with Gasteiger partial charge in [0.25, 0.3) is 5.91 Å². The molecule has 9 N–H and O–H groups in total. The van der Waals surface area contributed by atoms with Gasteiger partial charge in [0.05, 0.1) is 6.04 Å². The zero-order chi connectivity index (χ0) is 24.7. The molecule has 2 aromatic rings. The average Bonchev–Trinajstić information content (AvgIpc) is 2.73. The summed E-state index contributed by atoms with van der Waals surface area (Å²) >= 11 is 0. The van der Waals surface area contributed by atoms with E-state index >= 15 is 0 Å². The van der Waals surface area contributed by atoms with Crippen LogP contribution in [0, 0.1) is 11.6 Å². The lowest BCUT2D eigenvalue weighted by molar-refractivity contribution is -0.119. The molecule has 0 aliphatic heterocycles. The van der Waals surface area contributed by atoms with Gasteiger partial charge in [-0.3, -0.25) is 9.59 Å². The van der Waals surface area contributed by atoms with E-state index in [-0.39, 0.29) is 29.3 Å². The predicted molar refractivity (Wildman–Crippen MR) is 118 cm³/mol. The Morgan fingerprint density at radius 3 is 2.30 bits per heavy atom. The Morgan fingerprint density at radius 2 is 1.70 bits per heavy atom. The van der Waals surface area contributed by atoms with Crippen molar-refractivity contribution in [3.8, 4) is 0 Å². The monoisotopic (exact) mass is 463 g/mol. The van der Waals surface area contributed by atoms with Crippen molar-refractivity contribution >= 4 is 37.0 Å². The van der Waals surface area contributed by atoms with Gasteiger partial charge in [-0.15, -0.1) is 0 Å². The van der Waals surface area contributed by atoms with E-state index in [4.69, 9.17) is 11.5 Å². The SMILES string of the molecule is NC(=O)C(N)CCC[C@@H](Cc1ccc(F)c(B(O)O)c1)NC(=O)c1cc(F)cc(B(O)O)c1. The molecule has 0 fully saturated rings. The van der Waals surface area contributed by atoms with E-state index in [1.54, 1.807) is 0 Å². The van der Waals surface area contributed by atoms with Crippen molar-refractivity contribution in [1.29, 1.82) is 0 Å². The fourth-order valence-electron chi connectivity index (χ4n) is 3.32. The summed E-state index contributed by atoms with van der Waals surface area (Å²) < 4.78 is 27.6. The smallest absolute Gasteiger partial charge is 0.423 e. The van der Waals surface area contributed by atoms with Gasteiger partial charge < -0.3 is 36.9 Å². The number of hydrogen-bond acceptors (Lipinski definition) is 7. The summed E-state index contributed by atoms with van der Waals surface area (Å²) in [4.78, 5) is 23.9. The zero-order valence-electron chi connectivity index (χ0n) is 17.6. The molecular weight excluding hydrogens is 438 g/mol. The molecule has 0 heterocycles. The molecule has 0 saturated carbocycles. The number of primary amides is 1. The molecule has 0 aliphatic carbocycles. The van der Waals surface area contributed by atoms with Crippen LogP contribution >= 0.6 is 0 Å². The summed E-state index contributed by atoms with van der Waals surface area (Å²) in [7, 11) is -4.00. The molecule has 33 heavy (non-hydrogen) atoms. The van der Waals surface area contributed by atoms with E-state index in [9.17, 15) is 38.5 Å². The summed E-state index contributed by atoms with van der Waals surface area (Å²) in [5, 5.41) is 39.9. The van der Waals surface area contributed by atoms with Crippen LogP contribution in [0.5, 0.6) is 0 Å². The molecule has 176 valence electrons. The second-order valence-corrected chi connectivity index (χ2v) is 7.69. The Hall–Kier alpha value is -2.83. The average molecular weight is 463 g/mol. The van der Waals surface area contributed by atoms with Crippen LogP contribution in [0.15, 0.2) is 36.4 Å². The van der Waals surface area contributed by atoms with Crippen molar-refractivity contribution in [3.63, 3.8) is 0 Å². The number of halogens is 2. The van der Waals surface area contributed by atoms with Gasteiger partial charge in [0.1, 0.15) is 11.6 Å². The van der Waals surface area contributed by atoms with Gasteiger partial charge >= 0.3 is 14.2 Å². The van der Waals surface area contributed by atoms with Gasteiger partial charge in [0.2, 0.25) is 5.91 Å². The standard InChI is InChI=1S/C20H25B2F2N3O6/c23-14-9-12(8-13(10-14)21(30)31)20(29)27-15(2-1-3-18(25)19(26)28)6-11-4-5-17(24)16(7-11)22(32)33/h4-5,7-10,15,18,30-33H,1-3,6,25H2,(H2,26,28)(H,27,29)/t15-,18?/m0/s1. The maximum absolute atomic E-state index is 13.8. The predicted octanol–water partition coefficient (Wildman–Crippen LogP) is -2.35. The lowest BCUT2D eigenvalue weighted by Gasteiger charge is -2.20. The van der Waals surface area contributed by atoms with Crippen molar-refractivity contribution in [1.82, 2.24) is 5.32 Å². The van der Waals surface area contributed by atoms with Crippen molar-refractivity contribution in [2.24, 2.45) is 11.5 Å². The molecule has 2 amide bonds. The highest BCUT2D eigenvalue weighted by molar-refractivity contribution is 6.59. The molecule has 0 aromatic heterocycles. The summed E-state index contributed by atoms with van der Waals surface area (Å²) in [6.45, 7) is 0. The van der Waals surface area contributed by atoms with Gasteiger partial charge in [0, 0.05) is 17.1 Å². The minimum absolute atomic E-state index is 0.141. The normalized spacial score (nSPS) is 12.7. The first kappa shape index (κ1) is 26.4. The highest BCUT2D eigenvalue weighted by Crippen LogP contribution is 2.12. The Labute approximate surface area is 189 Å². The van der Waals surface area contributed by atoms with Crippen LogP contribution in [0.3, 0.4) is 0 Å². The Kier molecular flexibility index (Phi) is 9.50. The van der Waals surface area contributed by atoms with Crippen molar-refractivity contribution in [2.75, 3.05) is 0 Å². The van der Waals surface area contributed by atoms with E-state index in [2.05, 4.69) is 5.32 Å². The molecule has 0 radical (unpaired) electrons. The number of carbonyl (C=O) groups excluding carboxylic acids is 2. The van der Waals surface area contributed by atoms with Crippen LogP contribution in [0.4, 0.5) is 8.78 Å². The summed E-state index contributed by atoms with van der Waals surface area (Å²) in [5.74, 6) is -3.03. The number of nitrogens with two attached hydrogens (primary N) is 2. The molecular formula is C20H25B2F2N3O6. The maximum atomic E-state index is 13.8. The molecule has 2 aromatic carbocycles. The number of nitrogens with one attached hydrogen (secondary N) is 1. The second-order valence-electron chi connectivity index (χ2n) is 7.69. The molecule has 0 bridgehead atoms. The highest BCUT2D eigenvalue weighted by atomic mass is 19.1. The third kappa shape index (κ3) is 7.91. The molecule has 1 unspecified atom stereocenters. The number of hydrogen-bond donors (Lipinski definition) is 7. The molecule has 0 saturated heterocycles. The Bertz CT molecular complexity index is 996. The zero-order valence-corrected chi connectivity index (χ0v) is 17.6. The number of carbonyl (C=O) groups is 2. The van der Waals surface area contributed by atoms with E-state index in [0.29, 0.717) is 18.4 Å². The minimum Gasteiger partial charge on any atom is -0.423 e. The lowest BCUT2D eigenvalue weighted by atomic mass is 9.78. The van der Waals surface area contributed by atoms with Gasteiger partial charge in [-0.1, -0.05) is 12.1 Å². The molecule has 9 nitrogen and oxygen atoms in total. The van der Waals surface area contributed by atoms with Crippen molar-refractivity contribution in [2.45, 2.75) is 37.8 Å². The van der Waals surface area contributed by atoms with Crippen LogP contribution in [0.1, 0.15) is 35.2 Å². The third-order valence-corrected chi connectivity index (χ3v) is 5.07. The topological polar surface area (TPSA) is 179 Å². The molecule has 0 aliphatic rings. The molecule has 2 atom stereocenters. The fourth-order valence-corrected chi connectivity index (χ4v) is 3.32. The lowest BCUT2D eigenvalue weighted by Crippen LogP contribution is -2.39. The number of benzene rings is 2. The number of amides is 2. The maximum Gasteiger partial charge on any atom is 0.491 e. The summed E-state index contributed by atoms with van der Waals surface area (Å²) in [5.41, 5.74) is 10.6. The second kappa shape index (κ2) is 11.9. The van der Waals surface area contributed by atoms with E-state index in [0.717, 1.165) is 24.3 Å². The first-order chi connectivity index (χ1) is 15.5. The number of rotatable bonds is 11. The quantitative estimate of drug-likeness (QED) is 0.182. The Balaban J connectivity index is 2.22. The van der Waals surface area contributed by atoms with E-state index < -0.39 is 49.8 Å². The van der Waals surface area contributed by atoms with Gasteiger partial charge in [-0.25, -0.2) is 8.78 Å². The van der Waals surface area contributed by atoms with Gasteiger partial charge in [0.15, 0.2) is 0 Å². The summed E-state index contributed by atoms with van der Waals surface area (Å²) in [6, 6.07) is 5.19. The van der Waals surface area contributed by atoms with Gasteiger partial charge in [-0.05, 0) is 61.0 Å². The van der Waals surface area contributed by atoms with Crippen LogP contribution in [-0.4, -0.2) is 58.2 Å². The van der Waals surface area contributed by atoms with Crippen LogP contribution < -0.4 is 27.7 Å². The highest BCUT2D eigenvalue weighted by Gasteiger charge is 2.21. The minimum atomic E-state index is -2.03. The molecule has 13 heteroatoms. The molecule has 0 spiro atoms. The fraction of sp³-hybridized carbons (Fsp3) is 0.300. The van der Waals surface area contributed by atoms with Crippen molar-refractivity contribution < 1.29 is 38.5 Å². The summed E-state index contributed by atoms with van der Waals surface area (Å²) in [6.07, 6.45) is 1.08. The largest absolute Gasteiger partial charge is 0.491 e. The Morgan fingerprint density at radius 1 is 1.00 bits per heavy atom.